The van der Waals surface area contributed by atoms with Crippen molar-refractivity contribution in [1.82, 2.24) is 8.87 Å². The number of anilines is 1. The molecule has 0 bridgehead atoms. The van der Waals surface area contributed by atoms with E-state index in [0.717, 1.165) is 12.8 Å². The third-order valence-electron chi connectivity index (χ3n) is 4.35. The molecule has 1 aromatic heterocycles. The minimum absolute atomic E-state index is 0.0477. The maximum atomic E-state index is 13.0. The van der Waals surface area contributed by atoms with E-state index in [-0.39, 0.29) is 27.5 Å². The maximum absolute atomic E-state index is 13.0. The number of nitriles is 1. The molecular formula is C17H18N4O4S. The lowest BCUT2D eigenvalue weighted by atomic mass is 10.2. The van der Waals surface area contributed by atoms with E-state index in [0.29, 0.717) is 13.1 Å². The Balaban J connectivity index is 2.24. The predicted octanol–water partition coefficient (Wildman–Crippen LogP) is 1.50. The maximum Gasteiger partial charge on any atom is 0.357 e. The smallest absolute Gasteiger partial charge is 0.357 e. The number of hydrogen-bond acceptors (Lipinski definition) is 6. The Morgan fingerprint density at radius 3 is 2.54 bits per heavy atom. The van der Waals surface area contributed by atoms with E-state index in [1.54, 1.807) is 18.2 Å². The van der Waals surface area contributed by atoms with Gasteiger partial charge in [0.25, 0.3) is 0 Å². The average Bonchev–Trinajstić information content (AvgIpc) is 3.29. The fourth-order valence-electron chi connectivity index (χ4n) is 3.05. The first-order chi connectivity index (χ1) is 12.4. The van der Waals surface area contributed by atoms with Crippen LogP contribution in [0.25, 0.3) is 5.69 Å². The number of para-hydroxylation sites is 1. The zero-order chi connectivity index (χ0) is 18.9. The molecule has 0 atom stereocenters. The monoisotopic (exact) mass is 374 g/mol. The normalized spacial score (nSPS) is 14.9. The molecule has 2 aromatic rings. The molecule has 1 fully saturated rings. The van der Waals surface area contributed by atoms with Gasteiger partial charge in [0.05, 0.1) is 24.0 Å². The number of nitrogens with zero attached hydrogens (tertiary/aromatic N) is 3. The second-order valence-electron chi connectivity index (χ2n) is 5.86. The largest absolute Gasteiger partial charge is 0.464 e. The summed E-state index contributed by atoms with van der Waals surface area (Å²) in [4.78, 5) is 12.2. The van der Waals surface area contributed by atoms with E-state index < -0.39 is 16.0 Å². The SMILES string of the molecule is COC(=O)c1c(N)c(C#N)cn1-c1ccccc1S(=O)(=O)N1CCCC1. The highest BCUT2D eigenvalue weighted by Crippen LogP contribution is 2.30. The number of rotatable bonds is 4. The van der Waals surface area contributed by atoms with Gasteiger partial charge in [-0.25, -0.2) is 13.2 Å². The molecule has 0 saturated carbocycles. The molecule has 2 N–H and O–H groups in total. The van der Waals surface area contributed by atoms with Crippen molar-refractivity contribution < 1.29 is 17.9 Å². The summed E-state index contributed by atoms with van der Waals surface area (Å²) in [5, 5.41) is 9.24. The van der Waals surface area contributed by atoms with Crippen LogP contribution in [0.3, 0.4) is 0 Å². The second-order valence-corrected chi connectivity index (χ2v) is 7.76. The molecule has 136 valence electrons. The highest BCUT2D eigenvalue weighted by atomic mass is 32.2. The standard InChI is InChI=1S/C17H18N4O4S/c1-25-17(22)16-15(19)12(10-18)11-21(16)13-6-2-3-7-14(13)26(23,24)20-8-4-5-9-20/h2-3,6-7,11H,4-5,8-9,19H2,1H3. The number of nitrogen functional groups attached to an aromatic ring is 1. The van der Waals surface area contributed by atoms with Crippen LogP contribution >= 0.6 is 0 Å². The summed E-state index contributed by atoms with van der Waals surface area (Å²) in [6.45, 7) is 0.912. The number of nitrogens with two attached hydrogens (primary N) is 1. The lowest BCUT2D eigenvalue weighted by molar-refractivity contribution is 0.0593. The minimum Gasteiger partial charge on any atom is -0.464 e. The molecule has 0 radical (unpaired) electrons. The number of methoxy groups -OCH3 is 1. The van der Waals surface area contributed by atoms with Crippen LogP contribution in [0.15, 0.2) is 35.4 Å². The van der Waals surface area contributed by atoms with Gasteiger partial charge in [0.2, 0.25) is 10.0 Å². The summed E-state index contributed by atoms with van der Waals surface area (Å²) in [5.74, 6) is -0.752. The quantitative estimate of drug-likeness (QED) is 0.810. The topological polar surface area (TPSA) is 118 Å². The number of ether oxygens (including phenoxy) is 1. The van der Waals surface area contributed by atoms with Crippen molar-refractivity contribution in [2.45, 2.75) is 17.7 Å². The van der Waals surface area contributed by atoms with Gasteiger partial charge in [-0.3, -0.25) is 0 Å². The molecule has 0 amide bonds. The van der Waals surface area contributed by atoms with Crippen LogP contribution in [0.1, 0.15) is 28.9 Å². The molecule has 26 heavy (non-hydrogen) atoms. The molecule has 1 aliphatic heterocycles. The first kappa shape index (κ1) is 18.0. The first-order valence-electron chi connectivity index (χ1n) is 8.00. The van der Waals surface area contributed by atoms with E-state index in [4.69, 9.17) is 10.5 Å². The molecule has 1 aromatic carbocycles. The zero-order valence-corrected chi connectivity index (χ0v) is 15.0. The number of aromatic nitrogens is 1. The Morgan fingerprint density at radius 1 is 1.27 bits per heavy atom. The van der Waals surface area contributed by atoms with Gasteiger partial charge in [0.15, 0.2) is 5.69 Å². The third-order valence-corrected chi connectivity index (χ3v) is 6.30. The van der Waals surface area contributed by atoms with Crippen LogP contribution in [0, 0.1) is 11.3 Å². The van der Waals surface area contributed by atoms with Crippen LogP contribution in [-0.2, 0) is 14.8 Å². The van der Waals surface area contributed by atoms with E-state index in [2.05, 4.69) is 0 Å². The summed E-state index contributed by atoms with van der Waals surface area (Å²) >= 11 is 0. The summed E-state index contributed by atoms with van der Waals surface area (Å²) in [7, 11) is -2.55. The number of carbonyl (C=O) groups is 1. The van der Waals surface area contributed by atoms with Crippen LogP contribution in [-0.4, -0.2) is 43.5 Å². The van der Waals surface area contributed by atoms with Gasteiger partial charge >= 0.3 is 5.97 Å². The number of hydrogen-bond donors (Lipinski definition) is 1. The molecule has 9 heteroatoms. The Kier molecular flexibility index (Phi) is 4.71. The van der Waals surface area contributed by atoms with Gasteiger partial charge in [-0.15, -0.1) is 0 Å². The number of carbonyl (C=O) groups excluding carboxylic acids is 1. The molecular weight excluding hydrogens is 356 g/mol. The molecule has 8 nitrogen and oxygen atoms in total. The summed E-state index contributed by atoms with van der Waals surface area (Å²) < 4.78 is 33.6. The highest BCUT2D eigenvalue weighted by Gasteiger charge is 2.31. The van der Waals surface area contributed by atoms with Crippen molar-refractivity contribution in [1.29, 1.82) is 5.26 Å². The zero-order valence-electron chi connectivity index (χ0n) is 14.2. The number of esters is 1. The van der Waals surface area contributed by atoms with Crippen molar-refractivity contribution in [2.24, 2.45) is 0 Å². The van der Waals surface area contributed by atoms with Crippen molar-refractivity contribution in [3.05, 3.63) is 41.7 Å². The van der Waals surface area contributed by atoms with Crippen LogP contribution in [0.2, 0.25) is 0 Å². The lowest BCUT2D eigenvalue weighted by Crippen LogP contribution is -2.29. The number of sulfonamides is 1. The predicted molar refractivity (Wildman–Crippen MR) is 94.2 cm³/mol. The molecule has 0 unspecified atom stereocenters. The van der Waals surface area contributed by atoms with E-state index in [1.807, 2.05) is 6.07 Å². The van der Waals surface area contributed by atoms with Gasteiger partial charge < -0.3 is 15.0 Å². The summed E-state index contributed by atoms with van der Waals surface area (Å²) in [5.41, 5.74) is 6.09. The van der Waals surface area contributed by atoms with E-state index in [9.17, 15) is 18.5 Å². The summed E-state index contributed by atoms with van der Waals surface area (Å²) in [6.07, 6.45) is 2.97. The van der Waals surface area contributed by atoms with E-state index >= 15 is 0 Å². The third kappa shape index (κ3) is 2.83. The molecule has 0 spiro atoms. The van der Waals surface area contributed by atoms with Crippen molar-refractivity contribution in [3.63, 3.8) is 0 Å². The van der Waals surface area contributed by atoms with E-state index in [1.165, 1.54) is 28.2 Å². The molecule has 1 saturated heterocycles. The van der Waals surface area contributed by atoms with Crippen molar-refractivity contribution in [2.75, 3.05) is 25.9 Å². The molecule has 0 aliphatic carbocycles. The van der Waals surface area contributed by atoms with Gasteiger partial charge in [-0.05, 0) is 25.0 Å². The fraction of sp³-hybridized carbons (Fsp3) is 0.294. The first-order valence-corrected chi connectivity index (χ1v) is 9.44. The average molecular weight is 374 g/mol. The van der Waals surface area contributed by atoms with Crippen LogP contribution in [0.4, 0.5) is 5.69 Å². The Hall–Kier alpha value is -2.83. The van der Waals surface area contributed by atoms with Crippen molar-refractivity contribution in [3.8, 4) is 11.8 Å². The van der Waals surface area contributed by atoms with Crippen molar-refractivity contribution >= 4 is 21.7 Å². The highest BCUT2D eigenvalue weighted by molar-refractivity contribution is 7.89. The summed E-state index contributed by atoms with van der Waals surface area (Å²) in [6, 6.07) is 8.22. The van der Waals surface area contributed by atoms with Gasteiger partial charge in [-0.2, -0.15) is 9.57 Å². The molecule has 2 heterocycles. The molecule has 3 rings (SSSR count). The molecule has 1 aliphatic rings. The number of benzene rings is 1. The Labute approximate surface area is 151 Å². The van der Waals surface area contributed by atoms with Crippen LogP contribution < -0.4 is 5.73 Å². The van der Waals surface area contributed by atoms with Gasteiger partial charge in [0.1, 0.15) is 11.0 Å². The Morgan fingerprint density at radius 2 is 1.92 bits per heavy atom. The van der Waals surface area contributed by atoms with Gasteiger partial charge in [0, 0.05) is 19.3 Å². The second kappa shape index (κ2) is 6.82. The lowest BCUT2D eigenvalue weighted by Gasteiger charge is -2.19. The van der Waals surface area contributed by atoms with Gasteiger partial charge in [-0.1, -0.05) is 12.1 Å². The van der Waals surface area contributed by atoms with Crippen LogP contribution in [0.5, 0.6) is 0 Å². The Bertz CT molecular complexity index is 998. The fourth-order valence-corrected chi connectivity index (χ4v) is 4.74. The minimum atomic E-state index is -3.74.